The predicted octanol–water partition coefficient (Wildman–Crippen LogP) is 2.40. The number of methoxy groups -OCH3 is 1. The summed E-state index contributed by atoms with van der Waals surface area (Å²) in [6.45, 7) is 1.41. The molecule has 0 aliphatic carbocycles. The van der Waals surface area contributed by atoms with Gasteiger partial charge in [-0.15, -0.1) is 11.3 Å². The number of carbonyl (C=O) groups excluding carboxylic acids is 2. The van der Waals surface area contributed by atoms with E-state index < -0.39 is 5.97 Å². The van der Waals surface area contributed by atoms with Gasteiger partial charge in [-0.05, 0) is 22.4 Å². The number of rotatable bonds is 7. The summed E-state index contributed by atoms with van der Waals surface area (Å²) in [5.74, 6) is -0.379. The number of amides is 1. The van der Waals surface area contributed by atoms with Crippen LogP contribution in [-0.2, 0) is 35.3 Å². The number of aromatic nitrogens is 2. The maximum absolute atomic E-state index is 12.8. The van der Waals surface area contributed by atoms with Crippen molar-refractivity contribution >= 4 is 34.6 Å². The van der Waals surface area contributed by atoms with Gasteiger partial charge in [0.05, 0.1) is 31.3 Å². The Bertz CT molecular complexity index is 1140. The molecule has 32 heavy (non-hydrogen) atoms. The Kier molecular flexibility index (Phi) is 7.01. The Morgan fingerprint density at radius 3 is 2.78 bits per heavy atom. The SMILES string of the molecule is COC(=O)c1c(OCCc2ccsc2)cc(=O)n2c1CCN(C(=O)Cc1cscn1)CC2. The van der Waals surface area contributed by atoms with Crippen molar-refractivity contribution in [1.82, 2.24) is 14.5 Å². The molecule has 0 N–H and O–H groups in total. The highest BCUT2D eigenvalue weighted by Crippen LogP contribution is 2.24. The summed E-state index contributed by atoms with van der Waals surface area (Å²) < 4.78 is 12.4. The van der Waals surface area contributed by atoms with Crippen molar-refractivity contribution in [2.24, 2.45) is 0 Å². The molecular weight excluding hydrogens is 450 g/mol. The van der Waals surface area contributed by atoms with Crippen LogP contribution in [0.5, 0.6) is 5.75 Å². The molecule has 3 aromatic rings. The summed E-state index contributed by atoms with van der Waals surface area (Å²) in [5, 5.41) is 5.88. The van der Waals surface area contributed by atoms with Gasteiger partial charge in [0, 0.05) is 49.6 Å². The van der Waals surface area contributed by atoms with Crippen molar-refractivity contribution in [2.45, 2.75) is 25.8 Å². The van der Waals surface area contributed by atoms with Crippen molar-refractivity contribution in [3.05, 3.63) is 66.7 Å². The highest BCUT2D eigenvalue weighted by molar-refractivity contribution is 7.08. The van der Waals surface area contributed by atoms with Crippen LogP contribution in [0.25, 0.3) is 0 Å². The predicted molar refractivity (Wildman–Crippen MR) is 122 cm³/mol. The number of pyridine rings is 1. The molecule has 4 rings (SSSR count). The third-order valence-electron chi connectivity index (χ3n) is 5.38. The van der Waals surface area contributed by atoms with E-state index in [1.54, 1.807) is 26.3 Å². The summed E-state index contributed by atoms with van der Waals surface area (Å²) >= 11 is 3.05. The van der Waals surface area contributed by atoms with E-state index in [4.69, 9.17) is 9.47 Å². The smallest absolute Gasteiger partial charge is 0.343 e. The van der Waals surface area contributed by atoms with Crippen molar-refractivity contribution in [2.75, 3.05) is 26.8 Å². The number of hydrogen-bond acceptors (Lipinski definition) is 8. The maximum atomic E-state index is 12.8. The summed E-state index contributed by atoms with van der Waals surface area (Å²) in [6.07, 6.45) is 1.24. The van der Waals surface area contributed by atoms with Gasteiger partial charge in [0.15, 0.2) is 0 Å². The normalized spacial score (nSPS) is 13.3. The van der Waals surface area contributed by atoms with Crippen LogP contribution >= 0.6 is 22.7 Å². The lowest BCUT2D eigenvalue weighted by molar-refractivity contribution is -0.130. The van der Waals surface area contributed by atoms with Gasteiger partial charge in [0.1, 0.15) is 11.3 Å². The Balaban J connectivity index is 1.56. The number of hydrogen-bond donors (Lipinski definition) is 0. The summed E-state index contributed by atoms with van der Waals surface area (Å²) in [5.41, 5.74) is 4.10. The van der Waals surface area contributed by atoms with Gasteiger partial charge in [-0.3, -0.25) is 9.59 Å². The minimum absolute atomic E-state index is 0.0522. The number of esters is 1. The lowest BCUT2D eigenvalue weighted by Crippen LogP contribution is -2.35. The number of fused-ring (bicyclic) bond motifs is 1. The van der Waals surface area contributed by atoms with Crippen LogP contribution in [-0.4, -0.2) is 53.1 Å². The largest absolute Gasteiger partial charge is 0.492 e. The van der Waals surface area contributed by atoms with Crippen molar-refractivity contribution < 1.29 is 19.1 Å². The molecule has 0 bridgehead atoms. The van der Waals surface area contributed by atoms with Gasteiger partial charge in [0.2, 0.25) is 5.91 Å². The maximum Gasteiger partial charge on any atom is 0.343 e. The topological polar surface area (TPSA) is 90.7 Å². The lowest BCUT2D eigenvalue weighted by atomic mass is 10.1. The first-order valence-electron chi connectivity index (χ1n) is 10.2. The number of nitrogens with zero attached hydrogens (tertiary/aromatic N) is 3. The molecule has 10 heteroatoms. The monoisotopic (exact) mass is 473 g/mol. The standard InChI is InChI=1S/C22H23N3O5S2/c1-29-22(28)21-17-2-5-24(19(26)10-16-13-32-14-23-16)6-7-25(17)20(27)11-18(21)30-8-3-15-4-9-31-12-15/h4,9,11-14H,2-3,5-8,10H2,1H3. The minimum Gasteiger partial charge on any atom is -0.492 e. The average Bonchev–Trinajstić information content (AvgIpc) is 3.44. The number of thiophene rings is 1. The van der Waals surface area contributed by atoms with Crippen molar-refractivity contribution in [1.29, 1.82) is 0 Å². The summed E-state index contributed by atoms with van der Waals surface area (Å²) in [7, 11) is 1.31. The molecule has 0 radical (unpaired) electrons. The molecule has 8 nitrogen and oxygen atoms in total. The van der Waals surface area contributed by atoms with Gasteiger partial charge in [-0.2, -0.15) is 11.3 Å². The van der Waals surface area contributed by atoms with Gasteiger partial charge < -0.3 is 18.9 Å². The van der Waals surface area contributed by atoms with E-state index in [-0.39, 0.29) is 29.2 Å². The molecule has 1 aliphatic rings. The van der Waals surface area contributed by atoms with E-state index in [2.05, 4.69) is 4.98 Å². The molecule has 3 aromatic heterocycles. The molecule has 4 heterocycles. The van der Waals surface area contributed by atoms with Crippen LogP contribution in [0.3, 0.4) is 0 Å². The zero-order valence-corrected chi connectivity index (χ0v) is 19.2. The first-order valence-corrected chi connectivity index (χ1v) is 12.1. The Morgan fingerprint density at radius 2 is 2.06 bits per heavy atom. The average molecular weight is 474 g/mol. The molecule has 0 unspecified atom stereocenters. The number of thiazole rings is 1. The number of carbonyl (C=O) groups is 2. The van der Waals surface area contributed by atoms with E-state index in [0.717, 1.165) is 11.3 Å². The van der Waals surface area contributed by atoms with Crippen LogP contribution in [0.15, 0.2) is 38.6 Å². The molecule has 1 amide bonds. The molecule has 0 saturated heterocycles. The van der Waals surface area contributed by atoms with E-state index in [0.29, 0.717) is 44.8 Å². The van der Waals surface area contributed by atoms with Crippen LogP contribution in [0.1, 0.15) is 27.3 Å². The second-order valence-electron chi connectivity index (χ2n) is 7.33. The van der Waals surface area contributed by atoms with Crippen LogP contribution in [0.2, 0.25) is 0 Å². The number of ether oxygens (including phenoxy) is 2. The Hall–Kier alpha value is -2.98. The first kappa shape index (κ1) is 22.2. The molecule has 0 atom stereocenters. The molecule has 0 fully saturated rings. The molecule has 0 aromatic carbocycles. The van der Waals surface area contributed by atoms with Crippen LogP contribution in [0.4, 0.5) is 0 Å². The minimum atomic E-state index is -0.554. The quantitative estimate of drug-likeness (QED) is 0.490. The highest BCUT2D eigenvalue weighted by Gasteiger charge is 2.27. The fourth-order valence-corrected chi connectivity index (χ4v) is 5.00. The zero-order valence-electron chi connectivity index (χ0n) is 17.6. The molecular formula is C22H23N3O5S2. The molecule has 168 valence electrons. The first-order chi connectivity index (χ1) is 15.6. The van der Waals surface area contributed by atoms with Gasteiger partial charge in [-0.1, -0.05) is 0 Å². The molecule has 0 saturated carbocycles. The van der Waals surface area contributed by atoms with Crippen LogP contribution < -0.4 is 10.3 Å². The lowest BCUT2D eigenvalue weighted by Gasteiger charge is -2.19. The second kappa shape index (κ2) is 10.1. The van der Waals surface area contributed by atoms with Crippen molar-refractivity contribution in [3.8, 4) is 5.75 Å². The molecule has 0 spiro atoms. The van der Waals surface area contributed by atoms with Crippen molar-refractivity contribution in [3.63, 3.8) is 0 Å². The summed E-state index contributed by atoms with van der Waals surface area (Å²) in [4.78, 5) is 44.1. The zero-order chi connectivity index (χ0) is 22.5. The van der Waals surface area contributed by atoms with E-state index >= 15 is 0 Å². The fourth-order valence-electron chi connectivity index (χ4n) is 3.74. The van der Waals surface area contributed by atoms with Gasteiger partial charge in [0.25, 0.3) is 5.56 Å². The fraction of sp³-hybridized carbons (Fsp3) is 0.364. The third-order valence-corrected chi connectivity index (χ3v) is 6.75. The third kappa shape index (κ3) is 4.91. The summed E-state index contributed by atoms with van der Waals surface area (Å²) in [6, 6.07) is 3.36. The Labute approximate surface area is 193 Å². The second-order valence-corrected chi connectivity index (χ2v) is 8.83. The van der Waals surface area contributed by atoms with E-state index in [1.165, 1.54) is 24.5 Å². The van der Waals surface area contributed by atoms with E-state index in [1.807, 2.05) is 22.2 Å². The Morgan fingerprint density at radius 1 is 1.19 bits per heavy atom. The van der Waals surface area contributed by atoms with E-state index in [9.17, 15) is 14.4 Å². The molecule has 1 aliphatic heterocycles. The van der Waals surface area contributed by atoms with Gasteiger partial charge in [-0.25, -0.2) is 9.78 Å². The van der Waals surface area contributed by atoms with Crippen LogP contribution in [0, 0.1) is 0 Å². The van der Waals surface area contributed by atoms with Gasteiger partial charge >= 0.3 is 5.97 Å². The highest BCUT2D eigenvalue weighted by atomic mass is 32.1.